The van der Waals surface area contributed by atoms with Crippen molar-refractivity contribution >= 4 is 15.9 Å². The van der Waals surface area contributed by atoms with Crippen LogP contribution in [0.1, 0.15) is 19.4 Å². The van der Waals surface area contributed by atoms with Crippen molar-refractivity contribution in [2.24, 2.45) is 0 Å². The lowest BCUT2D eigenvalue weighted by Gasteiger charge is -2.24. The van der Waals surface area contributed by atoms with Gasteiger partial charge in [-0.2, -0.15) is 0 Å². The van der Waals surface area contributed by atoms with Gasteiger partial charge in [0.1, 0.15) is 5.82 Å². The predicted molar refractivity (Wildman–Crippen MR) is 67.0 cm³/mol. The van der Waals surface area contributed by atoms with E-state index in [1.54, 1.807) is 13.0 Å². The standard InChI is InChI=1S/C12H17BrFNO/c1-3-15-8-12(2,16)7-9-5-4-6-10(14)11(9)13/h4-6,15-16H,3,7-8H2,1-2H3. The molecule has 1 aromatic carbocycles. The van der Waals surface area contributed by atoms with Crippen molar-refractivity contribution in [3.63, 3.8) is 0 Å². The van der Waals surface area contributed by atoms with Crippen LogP contribution in [0.5, 0.6) is 0 Å². The van der Waals surface area contributed by atoms with Gasteiger partial charge < -0.3 is 10.4 Å². The molecule has 0 saturated carbocycles. The maximum Gasteiger partial charge on any atom is 0.137 e. The summed E-state index contributed by atoms with van der Waals surface area (Å²) in [6.07, 6.45) is 0.415. The van der Waals surface area contributed by atoms with E-state index in [1.807, 2.05) is 13.0 Å². The number of benzene rings is 1. The molecule has 16 heavy (non-hydrogen) atoms. The number of aliphatic hydroxyl groups is 1. The summed E-state index contributed by atoms with van der Waals surface area (Å²) in [5.74, 6) is -0.295. The number of likely N-dealkylation sites (N-methyl/N-ethyl adjacent to an activating group) is 1. The lowest BCUT2D eigenvalue weighted by atomic mass is 9.96. The van der Waals surface area contributed by atoms with Crippen LogP contribution in [0.2, 0.25) is 0 Å². The first-order valence-electron chi connectivity index (χ1n) is 5.32. The quantitative estimate of drug-likeness (QED) is 0.873. The second-order valence-electron chi connectivity index (χ2n) is 4.17. The third-order valence-electron chi connectivity index (χ3n) is 2.36. The molecule has 1 unspecified atom stereocenters. The summed E-state index contributed by atoms with van der Waals surface area (Å²) >= 11 is 3.19. The molecule has 0 aromatic heterocycles. The molecule has 0 bridgehead atoms. The highest BCUT2D eigenvalue weighted by molar-refractivity contribution is 9.10. The van der Waals surface area contributed by atoms with Crippen LogP contribution < -0.4 is 5.32 Å². The van der Waals surface area contributed by atoms with E-state index in [2.05, 4.69) is 21.2 Å². The number of halogens is 2. The highest BCUT2D eigenvalue weighted by atomic mass is 79.9. The molecule has 1 rings (SSSR count). The molecular weight excluding hydrogens is 273 g/mol. The van der Waals surface area contributed by atoms with E-state index in [0.29, 0.717) is 17.4 Å². The Hall–Kier alpha value is -0.450. The van der Waals surface area contributed by atoms with Crippen LogP contribution in [0.4, 0.5) is 4.39 Å². The Labute approximate surface area is 104 Å². The zero-order chi connectivity index (χ0) is 12.2. The summed E-state index contributed by atoms with van der Waals surface area (Å²) in [5.41, 5.74) is -0.0883. The molecule has 0 amide bonds. The molecule has 2 nitrogen and oxygen atoms in total. The Kier molecular flexibility index (Phi) is 4.89. The zero-order valence-electron chi connectivity index (χ0n) is 9.56. The van der Waals surface area contributed by atoms with Gasteiger partial charge in [0, 0.05) is 13.0 Å². The van der Waals surface area contributed by atoms with Crippen molar-refractivity contribution in [3.05, 3.63) is 34.1 Å². The minimum absolute atomic E-state index is 0.295. The topological polar surface area (TPSA) is 32.3 Å². The van der Waals surface area contributed by atoms with Gasteiger partial charge in [-0.1, -0.05) is 19.1 Å². The predicted octanol–water partition coefficient (Wildman–Crippen LogP) is 2.49. The SMILES string of the molecule is CCNCC(C)(O)Cc1cccc(F)c1Br. The van der Waals surface area contributed by atoms with Crippen LogP contribution in [0.3, 0.4) is 0 Å². The summed E-state index contributed by atoms with van der Waals surface area (Å²) in [5, 5.41) is 13.2. The van der Waals surface area contributed by atoms with Crippen LogP contribution in [-0.4, -0.2) is 23.8 Å². The fourth-order valence-electron chi connectivity index (χ4n) is 1.55. The maximum atomic E-state index is 13.3. The molecule has 0 heterocycles. The van der Waals surface area contributed by atoms with Gasteiger partial charge in [0.2, 0.25) is 0 Å². The van der Waals surface area contributed by atoms with E-state index in [1.165, 1.54) is 6.07 Å². The van der Waals surface area contributed by atoms with E-state index in [9.17, 15) is 9.50 Å². The van der Waals surface area contributed by atoms with Crippen molar-refractivity contribution in [3.8, 4) is 0 Å². The van der Waals surface area contributed by atoms with Gasteiger partial charge in [0.15, 0.2) is 0 Å². The first kappa shape index (κ1) is 13.6. The van der Waals surface area contributed by atoms with Gasteiger partial charge >= 0.3 is 0 Å². The Bertz CT molecular complexity index is 355. The van der Waals surface area contributed by atoms with Crippen LogP contribution in [0, 0.1) is 5.82 Å². The zero-order valence-corrected chi connectivity index (χ0v) is 11.1. The summed E-state index contributed by atoms with van der Waals surface area (Å²) in [7, 11) is 0. The molecule has 0 aliphatic carbocycles. The normalized spacial score (nSPS) is 14.8. The Balaban J connectivity index is 2.75. The van der Waals surface area contributed by atoms with Crippen molar-refractivity contribution in [1.82, 2.24) is 5.32 Å². The third kappa shape index (κ3) is 3.85. The molecule has 4 heteroatoms. The molecule has 0 aliphatic rings. The molecule has 1 atom stereocenters. The van der Waals surface area contributed by atoms with Crippen LogP contribution >= 0.6 is 15.9 Å². The second kappa shape index (κ2) is 5.75. The fraction of sp³-hybridized carbons (Fsp3) is 0.500. The maximum absolute atomic E-state index is 13.3. The van der Waals surface area contributed by atoms with Crippen molar-refractivity contribution in [1.29, 1.82) is 0 Å². The van der Waals surface area contributed by atoms with Gasteiger partial charge in [-0.15, -0.1) is 0 Å². The van der Waals surface area contributed by atoms with Gasteiger partial charge in [-0.05, 0) is 41.0 Å². The van der Waals surface area contributed by atoms with E-state index < -0.39 is 5.60 Å². The van der Waals surface area contributed by atoms with E-state index in [4.69, 9.17) is 0 Å². The monoisotopic (exact) mass is 289 g/mol. The fourth-order valence-corrected chi connectivity index (χ4v) is 1.96. The minimum atomic E-state index is -0.869. The Morgan fingerprint density at radius 2 is 2.19 bits per heavy atom. The van der Waals surface area contributed by atoms with Crippen molar-refractivity contribution in [2.45, 2.75) is 25.9 Å². The second-order valence-corrected chi connectivity index (χ2v) is 4.96. The molecule has 0 saturated heterocycles. The number of hydrogen-bond acceptors (Lipinski definition) is 2. The van der Waals surface area contributed by atoms with Gasteiger partial charge in [-0.25, -0.2) is 4.39 Å². The van der Waals surface area contributed by atoms with Gasteiger partial charge in [0.05, 0.1) is 10.1 Å². The third-order valence-corrected chi connectivity index (χ3v) is 3.25. The van der Waals surface area contributed by atoms with Crippen molar-refractivity contribution in [2.75, 3.05) is 13.1 Å². The molecule has 0 spiro atoms. The summed E-state index contributed by atoms with van der Waals surface area (Å²) < 4.78 is 13.7. The first-order valence-corrected chi connectivity index (χ1v) is 6.11. The van der Waals surface area contributed by atoms with Crippen molar-refractivity contribution < 1.29 is 9.50 Å². The Morgan fingerprint density at radius 3 is 2.81 bits per heavy atom. The molecule has 2 N–H and O–H groups in total. The molecule has 0 aliphatic heterocycles. The lowest BCUT2D eigenvalue weighted by molar-refractivity contribution is 0.0605. The molecule has 90 valence electrons. The van der Waals surface area contributed by atoms with E-state index in [-0.39, 0.29) is 5.82 Å². The minimum Gasteiger partial charge on any atom is -0.389 e. The highest BCUT2D eigenvalue weighted by Gasteiger charge is 2.22. The molecular formula is C12H17BrFNO. The average molecular weight is 290 g/mol. The summed E-state index contributed by atoms with van der Waals surface area (Å²) in [6, 6.07) is 4.86. The lowest BCUT2D eigenvalue weighted by Crippen LogP contribution is -2.39. The van der Waals surface area contributed by atoms with E-state index >= 15 is 0 Å². The Morgan fingerprint density at radius 1 is 1.50 bits per heavy atom. The van der Waals surface area contributed by atoms with E-state index in [0.717, 1.165) is 12.1 Å². The number of rotatable bonds is 5. The van der Waals surface area contributed by atoms with Crippen LogP contribution in [0.25, 0.3) is 0 Å². The smallest absolute Gasteiger partial charge is 0.137 e. The summed E-state index contributed by atoms with van der Waals surface area (Å²) in [4.78, 5) is 0. The van der Waals surface area contributed by atoms with Gasteiger partial charge in [-0.3, -0.25) is 0 Å². The number of nitrogens with one attached hydrogen (secondary N) is 1. The molecule has 0 radical (unpaired) electrons. The summed E-state index contributed by atoms with van der Waals surface area (Å²) in [6.45, 7) is 5.02. The van der Waals surface area contributed by atoms with Crippen LogP contribution in [-0.2, 0) is 6.42 Å². The molecule has 0 fully saturated rings. The highest BCUT2D eigenvalue weighted by Crippen LogP contribution is 2.24. The van der Waals surface area contributed by atoms with Gasteiger partial charge in [0.25, 0.3) is 0 Å². The molecule has 1 aromatic rings. The van der Waals surface area contributed by atoms with Crippen LogP contribution in [0.15, 0.2) is 22.7 Å². The number of hydrogen-bond donors (Lipinski definition) is 2. The first-order chi connectivity index (χ1) is 7.46. The average Bonchev–Trinajstić information content (AvgIpc) is 2.22. The largest absolute Gasteiger partial charge is 0.389 e.